The Hall–Kier alpha value is -0.610. The van der Waals surface area contributed by atoms with Gasteiger partial charge >= 0.3 is 0 Å². The maximum atomic E-state index is 12.5. The van der Waals surface area contributed by atoms with Crippen LogP contribution in [0.4, 0.5) is 0 Å². The van der Waals surface area contributed by atoms with Crippen molar-refractivity contribution in [3.8, 4) is 0 Å². The number of ether oxygens (including phenoxy) is 1. The van der Waals surface area contributed by atoms with Crippen LogP contribution < -0.4 is 0 Å². The molecule has 2 heterocycles. The molecule has 0 aromatic carbocycles. The third kappa shape index (κ3) is 2.79. The maximum Gasteiger partial charge on any atom is 0.253 e. The summed E-state index contributed by atoms with van der Waals surface area (Å²) in [5.41, 5.74) is 0.453. The van der Waals surface area contributed by atoms with E-state index in [1.54, 1.807) is 0 Å². The summed E-state index contributed by atoms with van der Waals surface area (Å²) >= 11 is 0. The second kappa shape index (κ2) is 5.41. The van der Waals surface area contributed by atoms with Crippen LogP contribution in [0.2, 0.25) is 0 Å². The minimum atomic E-state index is -0.225. The first-order valence-electron chi connectivity index (χ1n) is 7.78. The molecule has 108 valence electrons. The molecular formula is C15H26N2O2. The van der Waals surface area contributed by atoms with Crippen LogP contribution in [0.1, 0.15) is 38.5 Å². The third-order valence-corrected chi connectivity index (χ3v) is 5.21. The van der Waals surface area contributed by atoms with E-state index in [1.807, 2.05) is 0 Å². The van der Waals surface area contributed by atoms with Crippen molar-refractivity contribution >= 4 is 5.91 Å². The molecule has 0 N–H and O–H groups in total. The fourth-order valence-electron chi connectivity index (χ4n) is 3.96. The highest BCUT2D eigenvalue weighted by Crippen LogP contribution is 2.43. The van der Waals surface area contributed by atoms with Gasteiger partial charge < -0.3 is 14.5 Å². The summed E-state index contributed by atoms with van der Waals surface area (Å²) in [5.74, 6) is 0.231. The monoisotopic (exact) mass is 266 g/mol. The van der Waals surface area contributed by atoms with Crippen molar-refractivity contribution in [2.75, 3.05) is 39.8 Å². The SMILES string of the molecule is CN1CCOC(C(=O)N2CCC3(CCCCC3)C2)C1. The number of nitrogens with zero attached hydrogens (tertiary/aromatic N) is 2. The molecule has 1 amide bonds. The van der Waals surface area contributed by atoms with E-state index < -0.39 is 0 Å². The van der Waals surface area contributed by atoms with Gasteiger partial charge in [-0.15, -0.1) is 0 Å². The summed E-state index contributed by atoms with van der Waals surface area (Å²) in [6, 6.07) is 0. The van der Waals surface area contributed by atoms with Gasteiger partial charge in [-0.1, -0.05) is 19.3 Å². The molecule has 0 aromatic heterocycles. The minimum absolute atomic E-state index is 0.225. The maximum absolute atomic E-state index is 12.5. The van der Waals surface area contributed by atoms with Gasteiger partial charge in [0.25, 0.3) is 5.91 Å². The van der Waals surface area contributed by atoms with E-state index >= 15 is 0 Å². The lowest BCUT2D eigenvalue weighted by molar-refractivity contribution is -0.148. The Balaban J connectivity index is 1.59. The fraction of sp³-hybridized carbons (Fsp3) is 0.933. The molecule has 0 bridgehead atoms. The Bertz CT molecular complexity index is 339. The molecule has 2 saturated heterocycles. The van der Waals surface area contributed by atoms with Gasteiger partial charge in [0, 0.05) is 26.2 Å². The molecule has 19 heavy (non-hydrogen) atoms. The van der Waals surface area contributed by atoms with Gasteiger partial charge in [0.15, 0.2) is 0 Å². The van der Waals surface area contributed by atoms with Gasteiger partial charge in [0.1, 0.15) is 6.10 Å². The number of carbonyl (C=O) groups excluding carboxylic acids is 1. The number of amides is 1. The first-order valence-corrected chi connectivity index (χ1v) is 7.78. The molecule has 1 aliphatic carbocycles. The fourth-order valence-corrected chi connectivity index (χ4v) is 3.96. The van der Waals surface area contributed by atoms with E-state index in [-0.39, 0.29) is 12.0 Å². The molecule has 1 spiro atoms. The van der Waals surface area contributed by atoms with E-state index in [2.05, 4.69) is 16.8 Å². The molecule has 1 saturated carbocycles. The van der Waals surface area contributed by atoms with Crippen LogP contribution in [0.15, 0.2) is 0 Å². The zero-order valence-corrected chi connectivity index (χ0v) is 12.1. The van der Waals surface area contributed by atoms with Crippen LogP contribution in [0.25, 0.3) is 0 Å². The number of hydrogen-bond acceptors (Lipinski definition) is 3. The number of morpholine rings is 1. The lowest BCUT2D eigenvalue weighted by atomic mass is 9.73. The molecule has 2 aliphatic heterocycles. The highest BCUT2D eigenvalue weighted by Gasteiger charge is 2.42. The van der Waals surface area contributed by atoms with E-state index in [0.717, 1.165) is 26.2 Å². The zero-order chi connectivity index (χ0) is 13.3. The third-order valence-electron chi connectivity index (χ3n) is 5.21. The second-order valence-corrected chi connectivity index (χ2v) is 6.69. The summed E-state index contributed by atoms with van der Waals surface area (Å²) in [7, 11) is 2.06. The van der Waals surface area contributed by atoms with E-state index in [4.69, 9.17) is 4.74 Å². The van der Waals surface area contributed by atoms with Crippen molar-refractivity contribution in [3.05, 3.63) is 0 Å². The van der Waals surface area contributed by atoms with Gasteiger partial charge in [-0.05, 0) is 31.7 Å². The lowest BCUT2D eigenvalue weighted by Gasteiger charge is -2.35. The van der Waals surface area contributed by atoms with Crippen LogP contribution in [0, 0.1) is 5.41 Å². The van der Waals surface area contributed by atoms with Crippen molar-refractivity contribution in [1.29, 1.82) is 0 Å². The smallest absolute Gasteiger partial charge is 0.253 e. The molecular weight excluding hydrogens is 240 g/mol. The largest absolute Gasteiger partial charge is 0.366 e. The van der Waals surface area contributed by atoms with Gasteiger partial charge in [-0.25, -0.2) is 0 Å². The zero-order valence-electron chi connectivity index (χ0n) is 12.1. The quantitative estimate of drug-likeness (QED) is 0.721. The van der Waals surface area contributed by atoms with Crippen molar-refractivity contribution in [1.82, 2.24) is 9.80 Å². The normalized spacial score (nSPS) is 31.8. The van der Waals surface area contributed by atoms with Crippen LogP contribution in [-0.4, -0.2) is 61.6 Å². The number of carbonyl (C=O) groups is 1. The van der Waals surface area contributed by atoms with Crippen molar-refractivity contribution < 1.29 is 9.53 Å². The van der Waals surface area contributed by atoms with Crippen molar-refractivity contribution in [2.45, 2.75) is 44.6 Å². The molecule has 0 aromatic rings. The Kier molecular flexibility index (Phi) is 3.81. The molecule has 4 heteroatoms. The summed E-state index contributed by atoms with van der Waals surface area (Å²) in [6.07, 6.45) is 7.71. The minimum Gasteiger partial charge on any atom is -0.366 e. The Morgan fingerprint density at radius 1 is 1.16 bits per heavy atom. The molecule has 3 rings (SSSR count). The van der Waals surface area contributed by atoms with Crippen LogP contribution in [0.5, 0.6) is 0 Å². The van der Waals surface area contributed by atoms with E-state index in [1.165, 1.54) is 38.5 Å². The van der Waals surface area contributed by atoms with Crippen LogP contribution >= 0.6 is 0 Å². The van der Waals surface area contributed by atoms with Crippen LogP contribution in [-0.2, 0) is 9.53 Å². The van der Waals surface area contributed by atoms with Crippen molar-refractivity contribution in [2.24, 2.45) is 5.41 Å². The lowest BCUT2D eigenvalue weighted by Crippen LogP contribution is -2.49. The highest BCUT2D eigenvalue weighted by molar-refractivity contribution is 5.81. The molecule has 1 atom stereocenters. The van der Waals surface area contributed by atoms with Crippen LogP contribution in [0.3, 0.4) is 0 Å². The average Bonchev–Trinajstić information content (AvgIpc) is 2.82. The number of likely N-dealkylation sites (N-methyl/N-ethyl adjacent to an activating group) is 1. The predicted octanol–water partition coefficient (Wildman–Crippen LogP) is 1.50. The highest BCUT2D eigenvalue weighted by atomic mass is 16.5. The number of hydrogen-bond donors (Lipinski definition) is 0. The number of rotatable bonds is 1. The number of likely N-dealkylation sites (tertiary alicyclic amines) is 1. The van der Waals surface area contributed by atoms with E-state index in [0.29, 0.717) is 12.0 Å². The Labute approximate surface area is 116 Å². The van der Waals surface area contributed by atoms with Gasteiger partial charge in [0.05, 0.1) is 6.61 Å². The Morgan fingerprint density at radius 3 is 2.68 bits per heavy atom. The molecule has 3 fully saturated rings. The topological polar surface area (TPSA) is 32.8 Å². The summed E-state index contributed by atoms with van der Waals surface area (Å²) in [6.45, 7) is 4.31. The standard InChI is InChI=1S/C15H26N2O2/c1-16-9-10-19-13(11-16)14(18)17-8-7-15(12-17)5-3-2-4-6-15/h13H,2-12H2,1H3. The first kappa shape index (κ1) is 13.4. The second-order valence-electron chi connectivity index (χ2n) is 6.69. The summed E-state index contributed by atoms with van der Waals surface area (Å²) in [5, 5.41) is 0. The first-order chi connectivity index (χ1) is 9.19. The molecule has 1 unspecified atom stereocenters. The average molecular weight is 266 g/mol. The van der Waals surface area contributed by atoms with Gasteiger partial charge in [-0.3, -0.25) is 4.79 Å². The molecule has 0 radical (unpaired) electrons. The van der Waals surface area contributed by atoms with Gasteiger partial charge in [0.2, 0.25) is 0 Å². The summed E-state index contributed by atoms with van der Waals surface area (Å²) < 4.78 is 5.67. The van der Waals surface area contributed by atoms with E-state index in [9.17, 15) is 4.79 Å². The molecule has 4 nitrogen and oxygen atoms in total. The predicted molar refractivity (Wildman–Crippen MR) is 74.0 cm³/mol. The van der Waals surface area contributed by atoms with Gasteiger partial charge in [-0.2, -0.15) is 0 Å². The summed E-state index contributed by atoms with van der Waals surface area (Å²) in [4.78, 5) is 16.8. The van der Waals surface area contributed by atoms with Crippen molar-refractivity contribution in [3.63, 3.8) is 0 Å². The Morgan fingerprint density at radius 2 is 1.95 bits per heavy atom. The molecule has 3 aliphatic rings.